The Morgan fingerprint density at radius 1 is 1.15 bits per heavy atom. The molecule has 27 heavy (non-hydrogen) atoms. The quantitative estimate of drug-likeness (QED) is 0.454. The molecular formula is C21H21NO5. The van der Waals surface area contributed by atoms with Gasteiger partial charge in [-0.05, 0) is 48.4 Å². The van der Waals surface area contributed by atoms with Crippen molar-refractivity contribution in [3.63, 3.8) is 0 Å². The maximum Gasteiger partial charge on any atom is 0.338 e. The summed E-state index contributed by atoms with van der Waals surface area (Å²) in [5.74, 6) is 0.658. The molecule has 0 unspecified atom stereocenters. The highest BCUT2D eigenvalue weighted by molar-refractivity contribution is 6.02. The lowest BCUT2D eigenvalue weighted by molar-refractivity contribution is -0.111. The number of fused-ring (bicyclic) bond motifs is 1. The lowest BCUT2D eigenvalue weighted by Crippen LogP contribution is -2.10. The molecule has 0 spiro atoms. The van der Waals surface area contributed by atoms with Gasteiger partial charge in [0.1, 0.15) is 0 Å². The molecule has 1 N–H and O–H groups in total. The molecule has 140 valence electrons. The van der Waals surface area contributed by atoms with E-state index in [-0.39, 0.29) is 12.7 Å². The van der Waals surface area contributed by atoms with E-state index >= 15 is 0 Å². The van der Waals surface area contributed by atoms with Gasteiger partial charge in [-0.1, -0.05) is 25.5 Å². The van der Waals surface area contributed by atoms with Crippen LogP contribution < -0.4 is 14.8 Å². The van der Waals surface area contributed by atoms with Crippen molar-refractivity contribution in [3.05, 3.63) is 59.7 Å². The van der Waals surface area contributed by atoms with Crippen LogP contribution in [0.2, 0.25) is 0 Å². The summed E-state index contributed by atoms with van der Waals surface area (Å²) in [6.45, 7) is 2.63. The second-order valence-electron chi connectivity index (χ2n) is 6.01. The van der Waals surface area contributed by atoms with Gasteiger partial charge in [-0.25, -0.2) is 4.79 Å². The lowest BCUT2D eigenvalue weighted by Gasteiger charge is -2.06. The number of esters is 1. The molecule has 0 bridgehead atoms. The molecule has 3 rings (SSSR count). The topological polar surface area (TPSA) is 73.9 Å². The summed E-state index contributed by atoms with van der Waals surface area (Å²) < 4.78 is 15.8. The number of nitrogens with one attached hydrogen (secondary N) is 1. The Kier molecular flexibility index (Phi) is 6.10. The number of amides is 1. The van der Waals surface area contributed by atoms with Crippen molar-refractivity contribution in [1.29, 1.82) is 0 Å². The average Bonchev–Trinajstić information content (AvgIpc) is 3.14. The van der Waals surface area contributed by atoms with Gasteiger partial charge in [-0.3, -0.25) is 4.79 Å². The number of rotatable bonds is 7. The third kappa shape index (κ3) is 5.10. The zero-order chi connectivity index (χ0) is 19.1. The first-order chi connectivity index (χ1) is 13.2. The van der Waals surface area contributed by atoms with Crippen molar-refractivity contribution in [2.75, 3.05) is 18.7 Å². The van der Waals surface area contributed by atoms with Crippen LogP contribution in [0.1, 0.15) is 35.7 Å². The number of benzene rings is 2. The Hall–Kier alpha value is -3.28. The maximum atomic E-state index is 12.1. The SMILES string of the molecule is CCCCOC(=O)c1cccc(NC(=O)/C=C/c2ccc3c(c2)OCO3)c1. The van der Waals surface area contributed by atoms with E-state index in [1.165, 1.54) is 6.08 Å². The first kappa shape index (κ1) is 18.5. The Morgan fingerprint density at radius 3 is 2.85 bits per heavy atom. The van der Waals surface area contributed by atoms with Crippen molar-refractivity contribution in [2.24, 2.45) is 0 Å². The van der Waals surface area contributed by atoms with Gasteiger partial charge in [0, 0.05) is 11.8 Å². The van der Waals surface area contributed by atoms with Gasteiger partial charge >= 0.3 is 5.97 Å². The van der Waals surface area contributed by atoms with Crippen LogP contribution in [0.3, 0.4) is 0 Å². The number of carbonyl (C=O) groups is 2. The van der Waals surface area contributed by atoms with E-state index in [2.05, 4.69) is 5.32 Å². The second-order valence-corrected chi connectivity index (χ2v) is 6.01. The van der Waals surface area contributed by atoms with E-state index < -0.39 is 5.97 Å². The molecule has 6 heteroatoms. The minimum Gasteiger partial charge on any atom is -0.462 e. The van der Waals surface area contributed by atoms with Crippen molar-refractivity contribution in [1.82, 2.24) is 0 Å². The van der Waals surface area contributed by atoms with Crippen LogP contribution in [0, 0.1) is 0 Å². The molecule has 2 aromatic rings. The molecule has 0 saturated carbocycles. The normalized spacial score (nSPS) is 12.2. The van der Waals surface area contributed by atoms with E-state index in [0.717, 1.165) is 18.4 Å². The summed E-state index contributed by atoms with van der Waals surface area (Å²) >= 11 is 0. The standard InChI is InChI=1S/C21H21NO5/c1-2-3-11-25-21(24)16-5-4-6-17(13-16)22-20(23)10-8-15-7-9-18-19(12-15)27-14-26-18/h4-10,12-13H,2-3,11,14H2,1H3,(H,22,23)/b10-8+. The van der Waals surface area contributed by atoms with Crippen LogP contribution in [0.5, 0.6) is 11.5 Å². The molecule has 6 nitrogen and oxygen atoms in total. The Bertz CT molecular complexity index is 859. The van der Waals surface area contributed by atoms with E-state index in [1.54, 1.807) is 42.5 Å². The van der Waals surface area contributed by atoms with Crippen molar-refractivity contribution in [3.8, 4) is 11.5 Å². The van der Waals surface area contributed by atoms with Crippen LogP contribution in [-0.2, 0) is 9.53 Å². The summed E-state index contributed by atoms with van der Waals surface area (Å²) in [5.41, 5.74) is 1.76. The Morgan fingerprint density at radius 2 is 2.00 bits per heavy atom. The van der Waals surface area contributed by atoms with E-state index in [0.29, 0.717) is 29.4 Å². The summed E-state index contributed by atoms with van der Waals surface area (Å²) in [7, 11) is 0. The molecule has 0 aromatic heterocycles. The molecule has 0 aliphatic carbocycles. The van der Waals surface area contributed by atoms with Gasteiger partial charge in [0.25, 0.3) is 0 Å². The zero-order valence-corrected chi connectivity index (χ0v) is 15.1. The summed E-state index contributed by atoms with van der Waals surface area (Å²) in [6, 6.07) is 12.1. The Balaban J connectivity index is 1.59. The van der Waals surface area contributed by atoms with Gasteiger partial charge in [0.05, 0.1) is 12.2 Å². The Labute approximate surface area is 157 Å². The molecule has 1 heterocycles. The first-order valence-electron chi connectivity index (χ1n) is 8.81. The highest BCUT2D eigenvalue weighted by atomic mass is 16.7. The largest absolute Gasteiger partial charge is 0.462 e. The summed E-state index contributed by atoms with van der Waals surface area (Å²) in [5, 5.41) is 2.74. The average molecular weight is 367 g/mol. The van der Waals surface area contributed by atoms with Crippen LogP contribution in [0.4, 0.5) is 5.69 Å². The number of anilines is 1. The van der Waals surface area contributed by atoms with E-state index in [1.807, 2.05) is 13.0 Å². The zero-order valence-electron chi connectivity index (χ0n) is 15.1. The molecule has 0 saturated heterocycles. The lowest BCUT2D eigenvalue weighted by atomic mass is 10.2. The molecule has 0 radical (unpaired) electrons. The predicted molar refractivity (Wildman–Crippen MR) is 102 cm³/mol. The van der Waals surface area contributed by atoms with Gasteiger partial charge in [0.15, 0.2) is 11.5 Å². The fourth-order valence-corrected chi connectivity index (χ4v) is 2.49. The molecular weight excluding hydrogens is 346 g/mol. The van der Waals surface area contributed by atoms with Gasteiger partial charge in [-0.15, -0.1) is 0 Å². The maximum absolute atomic E-state index is 12.1. The smallest absolute Gasteiger partial charge is 0.338 e. The third-order valence-electron chi connectivity index (χ3n) is 3.92. The van der Waals surface area contributed by atoms with Crippen LogP contribution in [0.15, 0.2) is 48.5 Å². The molecule has 0 atom stereocenters. The number of hydrogen-bond acceptors (Lipinski definition) is 5. The number of unbranched alkanes of at least 4 members (excludes halogenated alkanes) is 1. The third-order valence-corrected chi connectivity index (χ3v) is 3.92. The van der Waals surface area contributed by atoms with Crippen LogP contribution in [-0.4, -0.2) is 25.3 Å². The monoisotopic (exact) mass is 367 g/mol. The highest BCUT2D eigenvalue weighted by Crippen LogP contribution is 2.32. The van der Waals surface area contributed by atoms with Crippen LogP contribution in [0.25, 0.3) is 6.08 Å². The van der Waals surface area contributed by atoms with Gasteiger partial charge in [0.2, 0.25) is 12.7 Å². The number of ether oxygens (including phenoxy) is 3. The predicted octanol–water partition coefficient (Wildman–Crippen LogP) is 4.02. The van der Waals surface area contributed by atoms with Crippen LogP contribution >= 0.6 is 0 Å². The van der Waals surface area contributed by atoms with E-state index in [4.69, 9.17) is 14.2 Å². The molecule has 1 amide bonds. The van der Waals surface area contributed by atoms with Crippen molar-refractivity contribution in [2.45, 2.75) is 19.8 Å². The number of hydrogen-bond donors (Lipinski definition) is 1. The van der Waals surface area contributed by atoms with Gasteiger partial charge < -0.3 is 19.5 Å². The van der Waals surface area contributed by atoms with Gasteiger partial charge in [-0.2, -0.15) is 0 Å². The minimum atomic E-state index is -0.393. The van der Waals surface area contributed by atoms with Crippen molar-refractivity contribution >= 4 is 23.6 Å². The first-order valence-corrected chi connectivity index (χ1v) is 8.81. The fraction of sp³-hybridized carbons (Fsp3) is 0.238. The molecule has 1 aliphatic rings. The molecule has 2 aromatic carbocycles. The number of carbonyl (C=O) groups excluding carboxylic acids is 2. The highest BCUT2D eigenvalue weighted by Gasteiger charge is 2.12. The summed E-state index contributed by atoms with van der Waals surface area (Å²) in [6.07, 6.45) is 4.88. The second kappa shape index (κ2) is 8.89. The van der Waals surface area contributed by atoms with Crippen molar-refractivity contribution < 1.29 is 23.8 Å². The molecule has 1 aliphatic heterocycles. The summed E-state index contributed by atoms with van der Waals surface area (Å²) in [4.78, 5) is 24.1. The molecule has 0 fully saturated rings. The van der Waals surface area contributed by atoms with E-state index in [9.17, 15) is 9.59 Å². The fourth-order valence-electron chi connectivity index (χ4n) is 2.49. The minimum absolute atomic E-state index is 0.209.